The number of hydrogen-bond acceptors (Lipinski definition) is 4. The molecule has 1 atom stereocenters. The van der Waals surface area contributed by atoms with Crippen LogP contribution in [0.3, 0.4) is 0 Å². The van der Waals surface area contributed by atoms with E-state index in [0.29, 0.717) is 18.1 Å². The summed E-state index contributed by atoms with van der Waals surface area (Å²) in [5.41, 5.74) is 4.39. The van der Waals surface area contributed by atoms with E-state index < -0.39 is 11.2 Å². The van der Waals surface area contributed by atoms with Crippen LogP contribution in [0, 0.1) is 10.1 Å². The molecule has 0 aromatic heterocycles. The van der Waals surface area contributed by atoms with Crippen molar-refractivity contribution < 1.29 is 14.5 Å². The summed E-state index contributed by atoms with van der Waals surface area (Å²) in [6.45, 7) is 4.68. The van der Waals surface area contributed by atoms with Gasteiger partial charge in [-0.15, -0.1) is 0 Å². The number of anilines is 1. The summed E-state index contributed by atoms with van der Waals surface area (Å²) >= 11 is 0. The SMILES string of the molecule is CC(C)c1ccc(C2OCc3ccccc3N2C(=O)C=Cc2cccc([N+](=O)[O-])c2)cc1. The number of para-hydroxylation sites is 1. The number of ether oxygens (including phenoxy) is 1. The molecule has 1 aliphatic rings. The lowest BCUT2D eigenvalue weighted by Crippen LogP contribution is -2.38. The van der Waals surface area contributed by atoms with Crippen molar-refractivity contribution >= 4 is 23.4 Å². The van der Waals surface area contributed by atoms with Gasteiger partial charge in [0.15, 0.2) is 6.23 Å². The van der Waals surface area contributed by atoms with E-state index in [1.807, 2.05) is 36.4 Å². The lowest BCUT2D eigenvalue weighted by atomic mass is 10.00. The zero-order valence-electron chi connectivity index (χ0n) is 18.0. The molecule has 1 unspecified atom stereocenters. The van der Waals surface area contributed by atoms with Gasteiger partial charge >= 0.3 is 0 Å². The lowest BCUT2D eigenvalue weighted by molar-refractivity contribution is -0.384. The summed E-state index contributed by atoms with van der Waals surface area (Å²) in [5.74, 6) is 0.147. The Bertz CT molecular complexity index is 1170. The standard InChI is InChI=1S/C26H24N2O4/c1-18(2)20-11-13-21(14-12-20)26-27(24-9-4-3-7-22(24)17-32-26)25(29)15-10-19-6-5-8-23(16-19)28(30)31/h3-16,18,26H,17H2,1-2H3. The molecule has 0 radical (unpaired) electrons. The Morgan fingerprint density at radius 2 is 1.84 bits per heavy atom. The Labute approximate surface area is 186 Å². The smallest absolute Gasteiger partial charge is 0.270 e. The van der Waals surface area contributed by atoms with Crippen molar-refractivity contribution in [3.63, 3.8) is 0 Å². The third-order valence-corrected chi connectivity index (χ3v) is 5.51. The molecule has 6 heteroatoms. The summed E-state index contributed by atoms with van der Waals surface area (Å²) in [6.07, 6.45) is 2.46. The molecule has 1 amide bonds. The molecule has 0 bridgehead atoms. The fourth-order valence-electron chi connectivity index (χ4n) is 3.75. The number of nitro benzene ring substituents is 1. The predicted molar refractivity (Wildman–Crippen MR) is 124 cm³/mol. The summed E-state index contributed by atoms with van der Waals surface area (Å²) in [5, 5.41) is 11.0. The average molecular weight is 428 g/mol. The molecule has 3 aromatic carbocycles. The lowest BCUT2D eigenvalue weighted by Gasteiger charge is -2.36. The molecule has 1 heterocycles. The second kappa shape index (κ2) is 9.16. The van der Waals surface area contributed by atoms with Crippen LogP contribution in [-0.2, 0) is 16.1 Å². The highest BCUT2D eigenvalue weighted by Gasteiger charge is 2.31. The van der Waals surface area contributed by atoms with Gasteiger partial charge in [0.05, 0.1) is 17.2 Å². The van der Waals surface area contributed by atoms with Gasteiger partial charge < -0.3 is 4.74 Å². The number of hydrogen-bond donors (Lipinski definition) is 0. The minimum atomic E-state index is -0.562. The first kappa shape index (κ1) is 21.5. The Balaban J connectivity index is 1.67. The maximum absolute atomic E-state index is 13.3. The Hall–Kier alpha value is -3.77. The number of fused-ring (bicyclic) bond motifs is 1. The highest BCUT2D eigenvalue weighted by molar-refractivity contribution is 6.04. The first-order valence-electron chi connectivity index (χ1n) is 10.5. The van der Waals surface area contributed by atoms with Crippen LogP contribution in [0.5, 0.6) is 0 Å². The van der Waals surface area contributed by atoms with Crippen molar-refractivity contribution in [2.45, 2.75) is 32.6 Å². The van der Waals surface area contributed by atoms with E-state index in [1.165, 1.54) is 23.8 Å². The summed E-state index contributed by atoms with van der Waals surface area (Å²) in [4.78, 5) is 25.6. The summed E-state index contributed by atoms with van der Waals surface area (Å²) in [7, 11) is 0. The van der Waals surface area contributed by atoms with Gasteiger partial charge in [-0.05, 0) is 29.2 Å². The normalized spacial score (nSPS) is 15.7. The molecule has 0 spiro atoms. The molecule has 0 saturated carbocycles. The van der Waals surface area contributed by atoms with Gasteiger partial charge in [0.1, 0.15) is 0 Å². The monoisotopic (exact) mass is 428 g/mol. The van der Waals surface area contributed by atoms with Gasteiger partial charge in [-0.2, -0.15) is 0 Å². The number of nitrogens with zero attached hydrogens (tertiary/aromatic N) is 2. The number of benzene rings is 3. The largest absolute Gasteiger partial charge is 0.349 e. The van der Waals surface area contributed by atoms with Gasteiger partial charge in [-0.25, -0.2) is 0 Å². The average Bonchev–Trinajstić information content (AvgIpc) is 2.82. The fraction of sp³-hybridized carbons (Fsp3) is 0.192. The van der Waals surface area contributed by atoms with Gasteiger partial charge in [-0.3, -0.25) is 19.8 Å². The van der Waals surface area contributed by atoms with E-state index in [0.717, 1.165) is 16.8 Å². The zero-order valence-corrected chi connectivity index (χ0v) is 18.0. The molecule has 3 aromatic rings. The quantitative estimate of drug-likeness (QED) is 0.284. The van der Waals surface area contributed by atoms with Crippen molar-refractivity contribution in [3.8, 4) is 0 Å². The Morgan fingerprint density at radius 3 is 2.56 bits per heavy atom. The number of carbonyl (C=O) groups excluding carboxylic acids is 1. The summed E-state index contributed by atoms with van der Waals surface area (Å²) < 4.78 is 6.11. The third kappa shape index (κ3) is 4.45. The van der Waals surface area contributed by atoms with Crippen LogP contribution < -0.4 is 4.90 Å². The van der Waals surface area contributed by atoms with Crippen LogP contribution >= 0.6 is 0 Å². The van der Waals surface area contributed by atoms with E-state index in [2.05, 4.69) is 26.0 Å². The molecular weight excluding hydrogens is 404 g/mol. The third-order valence-electron chi connectivity index (χ3n) is 5.51. The molecule has 4 rings (SSSR count). The first-order valence-corrected chi connectivity index (χ1v) is 10.5. The second-order valence-electron chi connectivity index (χ2n) is 8.01. The van der Waals surface area contributed by atoms with E-state index in [4.69, 9.17) is 4.74 Å². The summed E-state index contributed by atoms with van der Waals surface area (Å²) in [6, 6.07) is 22.0. The molecule has 32 heavy (non-hydrogen) atoms. The minimum absolute atomic E-state index is 0.0191. The van der Waals surface area contributed by atoms with Crippen LogP contribution in [0.15, 0.2) is 78.9 Å². The molecule has 162 valence electrons. The molecule has 6 nitrogen and oxygen atoms in total. The molecule has 0 fully saturated rings. The number of non-ortho nitro benzene ring substituents is 1. The van der Waals surface area contributed by atoms with E-state index in [1.54, 1.807) is 23.1 Å². The number of amides is 1. The zero-order chi connectivity index (χ0) is 22.7. The molecule has 0 saturated heterocycles. The highest BCUT2D eigenvalue weighted by atomic mass is 16.6. The van der Waals surface area contributed by atoms with Crippen LogP contribution in [0.4, 0.5) is 11.4 Å². The first-order chi connectivity index (χ1) is 15.4. The topological polar surface area (TPSA) is 72.7 Å². The molecular formula is C26H24N2O4. The predicted octanol–water partition coefficient (Wildman–Crippen LogP) is 5.99. The fourth-order valence-corrected chi connectivity index (χ4v) is 3.75. The van der Waals surface area contributed by atoms with Gasteiger partial charge in [0.25, 0.3) is 11.6 Å². The number of carbonyl (C=O) groups is 1. The van der Waals surface area contributed by atoms with Crippen LogP contribution in [0.25, 0.3) is 6.08 Å². The van der Waals surface area contributed by atoms with Crippen molar-refractivity contribution in [3.05, 3.63) is 111 Å². The molecule has 0 aliphatic carbocycles. The van der Waals surface area contributed by atoms with Gasteiger partial charge in [-0.1, -0.05) is 68.4 Å². The van der Waals surface area contributed by atoms with Crippen molar-refractivity contribution in [2.75, 3.05) is 4.90 Å². The number of nitro groups is 1. The Kier molecular flexibility index (Phi) is 6.14. The maximum Gasteiger partial charge on any atom is 0.270 e. The van der Waals surface area contributed by atoms with E-state index in [-0.39, 0.29) is 11.6 Å². The van der Waals surface area contributed by atoms with Crippen LogP contribution in [-0.4, -0.2) is 10.8 Å². The Morgan fingerprint density at radius 1 is 1.09 bits per heavy atom. The van der Waals surface area contributed by atoms with Gasteiger partial charge in [0, 0.05) is 29.3 Å². The van der Waals surface area contributed by atoms with E-state index in [9.17, 15) is 14.9 Å². The second-order valence-corrected chi connectivity index (χ2v) is 8.01. The minimum Gasteiger partial charge on any atom is -0.349 e. The van der Waals surface area contributed by atoms with Crippen molar-refractivity contribution in [2.24, 2.45) is 0 Å². The van der Waals surface area contributed by atoms with E-state index >= 15 is 0 Å². The van der Waals surface area contributed by atoms with Crippen molar-refractivity contribution in [1.29, 1.82) is 0 Å². The molecule has 0 N–H and O–H groups in total. The molecule has 1 aliphatic heterocycles. The van der Waals surface area contributed by atoms with Crippen LogP contribution in [0.1, 0.15) is 48.2 Å². The van der Waals surface area contributed by atoms with Crippen molar-refractivity contribution in [1.82, 2.24) is 0 Å². The maximum atomic E-state index is 13.3. The number of rotatable bonds is 5. The highest BCUT2D eigenvalue weighted by Crippen LogP contribution is 2.37. The van der Waals surface area contributed by atoms with Crippen LogP contribution in [0.2, 0.25) is 0 Å². The van der Waals surface area contributed by atoms with Gasteiger partial charge in [0.2, 0.25) is 0 Å².